The van der Waals surface area contributed by atoms with Gasteiger partial charge in [0.1, 0.15) is 25.6 Å². The molecular weight excluding hydrogens is 384 g/mol. The van der Waals surface area contributed by atoms with E-state index in [2.05, 4.69) is 30.0 Å². The molecule has 0 aliphatic heterocycles. The van der Waals surface area contributed by atoms with Crippen molar-refractivity contribution in [1.82, 2.24) is 9.97 Å². The van der Waals surface area contributed by atoms with Crippen molar-refractivity contribution in [2.75, 3.05) is 14.2 Å². The van der Waals surface area contributed by atoms with Crippen molar-refractivity contribution in [2.24, 2.45) is 21.8 Å². The van der Waals surface area contributed by atoms with Crippen LogP contribution >= 0.6 is 12.4 Å². The van der Waals surface area contributed by atoms with E-state index < -0.39 is 24.4 Å². The Morgan fingerprint density at radius 1 is 0.893 bits per heavy atom. The van der Waals surface area contributed by atoms with Crippen molar-refractivity contribution < 1.29 is 22.3 Å². The van der Waals surface area contributed by atoms with E-state index in [9.17, 15) is 0 Å². The standard InChI is InChI=1S/C18H18N6O3.ClH/c1-25-23-17(19)11-3-5-13(21-9-11)15-7-8-16(27-15)14-6-4-12(10-22-14)18(20)24-26-2;/h3-10H,1-2H3,(H2,19,23)(H2,20,24);1H/i3D,4D,5D,6D,9D,10D;. The molecule has 3 heterocycles. The second-order valence-corrected chi connectivity index (χ2v) is 4.88. The molecule has 0 aliphatic carbocycles. The summed E-state index contributed by atoms with van der Waals surface area (Å²) in [5.41, 5.74) is 10.8. The van der Waals surface area contributed by atoms with Gasteiger partial charge in [0, 0.05) is 23.5 Å². The molecule has 0 amide bonds. The fraction of sp³-hybridized carbons (Fsp3) is 0.111. The summed E-state index contributed by atoms with van der Waals surface area (Å²) in [6.45, 7) is 0. The lowest BCUT2D eigenvalue weighted by atomic mass is 10.2. The number of aromatic nitrogens is 2. The van der Waals surface area contributed by atoms with Gasteiger partial charge in [-0.1, -0.05) is 10.3 Å². The molecule has 0 aromatic carbocycles. The molecule has 0 atom stereocenters. The number of nitrogens with zero attached hydrogens (tertiary/aromatic N) is 4. The minimum absolute atomic E-state index is 0. The summed E-state index contributed by atoms with van der Waals surface area (Å²) in [6.07, 6.45) is -0.832. The molecule has 4 N–H and O–H groups in total. The summed E-state index contributed by atoms with van der Waals surface area (Å²) >= 11 is 0. The van der Waals surface area contributed by atoms with Crippen LogP contribution in [-0.2, 0) is 9.68 Å². The van der Waals surface area contributed by atoms with Crippen LogP contribution in [0.1, 0.15) is 19.4 Å². The second kappa shape index (κ2) is 9.38. The van der Waals surface area contributed by atoms with E-state index in [0.29, 0.717) is 0 Å². The largest absolute Gasteiger partial charge is 0.453 e. The maximum atomic E-state index is 8.24. The second-order valence-electron chi connectivity index (χ2n) is 4.88. The summed E-state index contributed by atoms with van der Waals surface area (Å²) < 4.78 is 54.6. The number of halogens is 1. The van der Waals surface area contributed by atoms with E-state index in [4.69, 9.17) is 24.1 Å². The van der Waals surface area contributed by atoms with Gasteiger partial charge in [-0.15, -0.1) is 12.4 Å². The summed E-state index contributed by atoms with van der Waals surface area (Å²) in [5, 5.41) is 6.96. The van der Waals surface area contributed by atoms with Crippen LogP contribution in [0.15, 0.2) is 63.4 Å². The number of nitrogens with two attached hydrogens (primary N) is 2. The predicted molar refractivity (Wildman–Crippen MR) is 108 cm³/mol. The lowest BCUT2D eigenvalue weighted by Crippen LogP contribution is -2.13. The maximum Gasteiger partial charge on any atom is 0.171 e. The molecule has 0 spiro atoms. The van der Waals surface area contributed by atoms with Crippen molar-refractivity contribution >= 4 is 24.1 Å². The zero-order valence-corrected chi connectivity index (χ0v) is 15.5. The van der Waals surface area contributed by atoms with Gasteiger partial charge in [0.25, 0.3) is 0 Å². The molecule has 3 rings (SSSR count). The Morgan fingerprint density at radius 2 is 1.32 bits per heavy atom. The number of pyridine rings is 2. The van der Waals surface area contributed by atoms with Crippen molar-refractivity contribution in [3.05, 3.63) is 59.8 Å². The van der Waals surface area contributed by atoms with Gasteiger partial charge in [0.2, 0.25) is 0 Å². The zero-order valence-electron chi connectivity index (χ0n) is 20.7. The third-order valence-electron chi connectivity index (χ3n) is 3.14. The van der Waals surface area contributed by atoms with Crippen molar-refractivity contribution in [3.8, 4) is 22.9 Å². The Bertz CT molecular complexity index is 1200. The highest BCUT2D eigenvalue weighted by molar-refractivity contribution is 5.97. The minimum Gasteiger partial charge on any atom is -0.453 e. The molecule has 146 valence electrons. The molecule has 0 aliphatic rings. The summed E-state index contributed by atoms with van der Waals surface area (Å²) in [5.74, 6) is -0.527. The van der Waals surface area contributed by atoms with Crippen LogP contribution < -0.4 is 11.5 Å². The smallest absolute Gasteiger partial charge is 0.171 e. The summed E-state index contributed by atoms with van der Waals surface area (Å²) in [6, 6.07) is 1.25. The van der Waals surface area contributed by atoms with Gasteiger partial charge in [-0.2, -0.15) is 0 Å². The van der Waals surface area contributed by atoms with Crippen LogP contribution in [0.4, 0.5) is 0 Å². The van der Waals surface area contributed by atoms with E-state index in [1.54, 1.807) is 0 Å². The van der Waals surface area contributed by atoms with Gasteiger partial charge in [-0.05, 0) is 36.3 Å². The van der Waals surface area contributed by atoms with Crippen LogP contribution in [-0.4, -0.2) is 35.9 Å². The summed E-state index contributed by atoms with van der Waals surface area (Å²) in [4.78, 5) is 17.1. The molecule has 0 saturated carbocycles. The molecule has 0 bridgehead atoms. The van der Waals surface area contributed by atoms with E-state index in [-0.39, 0.29) is 70.2 Å². The van der Waals surface area contributed by atoms with Gasteiger partial charge in [-0.3, -0.25) is 9.97 Å². The SMILES string of the molecule is Cl.[2H]c1nc(-c2ccc(-c3nc([2H])c(/C(N)=N\OC)c([2H])c3[2H])o2)c([2H])c([2H])c1/C(N)=N\OC. The van der Waals surface area contributed by atoms with Crippen molar-refractivity contribution in [3.63, 3.8) is 0 Å². The Morgan fingerprint density at radius 3 is 1.71 bits per heavy atom. The van der Waals surface area contributed by atoms with E-state index in [1.807, 2.05) is 0 Å². The first kappa shape index (κ1) is 13.6. The van der Waals surface area contributed by atoms with Crippen molar-refractivity contribution in [2.45, 2.75) is 0 Å². The molecule has 3 aromatic heterocycles. The number of rotatable bonds is 6. The quantitative estimate of drug-likeness (QED) is 0.363. The van der Waals surface area contributed by atoms with Crippen LogP contribution in [0.25, 0.3) is 22.9 Å². The first-order valence-electron chi connectivity index (χ1n) is 10.4. The first-order valence-corrected chi connectivity index (χ1v) is 7.42. The number of furan rings is 1. The molecule has 10 heteroatoms. The average molecular weight is 409 g/mol. The zero-order chi connectivity index (χ0) is 24.4. The topological polar surface area (TPSA) is 134 Å². The molecule has 9 nitrogen and oxygen atoms in total. The molecule has 0 fully saturated rings. The molecule has 28 heavy (non-hydrogen) atoms. The molecule has 0 radical (unpaired) electrons. The fourth-order valence-corrected chi connectivity index (χ4v) is 1.94. The Labute approximate surface area is 175 Å². The number of oxime groups is 2. The Kier molecular flexibility index (Phi) is 4.54. The maximum absolute atomic E-state index is 8.24. The lowest BCUT2D eigenvalue weighted by molar-refractivity contribution is 0.213. The van der Waals surface area contributed by atoms with Gasteiger partial charge < -0.3 is 25.6 Å². The van der Waals surface area contributed by atoms with Gasteiger partial charge in [0.15, 0.2) is 23.2 Å². The molecule has 0 unspecified atom stereocenters. The highest BCUT2D eigenvalue weighted by Crippen LogP contribution is 2.26. The highest BCUT2D eigenvalue weighted by Gasteiger charge is 2.10. The number of hydrogen-bond donors (Lipinski definition) is 2. The predicted octanol–water partition coefficient (Wildman–Crippen LogP) is 2.36. The van der Waals surface area contributed by atoms with Crippen LogP contribution in [0, 0.1) is 0 Å². The van der Waals surface area contributed by atoms with Crippen molar-refractivity contribution in [1.29, 1.82) is 0 Å². The lowest BCUT2D eigenvalue weighted by Gasteiger charge is -2.02. The summed E-state index contributed by atoms with van der Waals surface area (Å²) in [7, 11) is 2.50. The normalized spacial score (nSPS) is 14.6. The Balaban J connectivity index is 0.00000408. The van der Waals surface area contributed by atoms with E-state index in [0.717, 1.165) is 0 Å². The number of amidine groups is 2. The number of hydrogen-bond acceptors (Lipinski definition) is 7. The van der Waals surface area contributed by atoms with Crippen LogP contribution in [0.2, 0.25) is 0 Å². The van der Waals surface area contributed by atoms with Crippen LogP contribution in [0.5, 0.6) is 0 Å². The third kappa shape index (κ3) is 4.57. The minimum atomic E-state index is -0.416. The molecule has 3 aromatic rings. The molecule has 0 saturated heterocycles. The Hall–Kier alpha value is -3.59. The monoisotopic (exact) mass is 408 g/mol. The van der Waals surface area contributed by atoms with Gasteiger partial charge in [0.05, 0.1) is 8.22 Å². The third-order valence-corrected chi connectivity index (χ3v) is 3.14. The fourth-order valence-electron chi connectivity index (χ4n) is 1.94. The average Bonchev–Trinajstić information content (AvgIpc) is 3.23. The van der Waals surface area contributed by atoms with Crippen LogP contribution in [0.3, 0.4) is 0 Å². The first-order chi connectivity index (χ1) is 15.6. The highest BCUT2D eigenvalue weighted by atomic mass is 35.5. The van der Waals surface area contributed by atoms with E-state index in [1.165, 1.54) is 26.4 Å². The molecular formula is C18H19ClN6O3. The van der Waals surface area contributed by atoms with Gasteiger partial charge in [-0.25, -0.2) is 0 Å². The van der Waals surface area contributed by atoms with E-state index >= 15 is 0 Å². The van der Waals surface area contributed by atoms with Gasteiger partial charge >= 0.3 is 0 Å².